The lowest BCUT2D eigenvalue weighted by atomic mass is 9.92. The van der Waals surface area contributed by atoms with Crippen molar-refractivity contribution < 1.29 is 22.4 Å². The van der Waals surface area contributed by atoms with Gasteiger partial charge < -0.3 is 9.26 Å². The van der Waals surface area contributed by atoms with Crippen LogP contribution in [0.4, 0.5) is 13.2 Å². The van der Waals surface area contributed by atoms with Crippen molar-refractivity contribution in [2.45, 2.75) is 44.4 Å². The van der Waals surface area contributed by atoms with E-state index in [1.54, 1.807) is 0 Å². The number of hydrogen-bond acceptors (Lipinski definition) is 5. The van der Waals surface area contributed by atoms with Crippen LogP contribution in [0.5, 0.6) is 0 Å². The Morgan fingerprint density at radius 1 is 1.11 bits per heavy atom. The maximum Gasteiger partial charge on any atom is 0.416 e. The van der Waals surface area contributed by atoms with Gasteiger partial charge in [-0.05, 0) is 50.3 Å². The first-order valence-corrected chi connectivity index (χ1v) is 9.33. The van der Waals surface area contributed by atoms with Crippen LogP contribution in [0, 0.1) is 5.92 Å². The van der Waals surface area contributed by atoms with Crippen molar-refractivity contribution in [1.82, 2.24) is 15.0 Å². The molecule has 2 unspecified atom stereocenters. The molecule has 0 aliphatic carbocycles. The predicted octanol–water partition coefficient (Wildman–Crippen LogP) is 4.15. The second kappa shape index (κ2) is 7.59. The maximum absolute atomic E-state index is 12.7. The molecule has 0 amide bonds. The van der Waals surface area contributed by atoms with E-state index in [-0.39, 0.29) is 0 Å². The smallest absolute Gasteiger partial charge is 0.381 e. The first-order chi connectivity index (χ1) is 13.0. The van der Waals surface area contributed by atoms with Crippen molar-refractivity contribution in [2.75, 3.05) is 19.8 Å². The highest BCUT2D eigenvalue weighted by Gasteiger charge is 2.34. The van der Waals surface area contributed by atoms with Crippen molar-refractivity contribution >= 4 is 0 Å². The van der Waals surface area contributed by atoms with Crippen molar-refractivity contribution in [3.63, 3.8) is 0 Å². The molecule has 4 rings (SSSR count). The number of rotatable bonds is 4. The molecule has 2 aliphatic rings. The van der Waals surface area contributed by atoms with Gasteiger partial charge in [-0.2, -0.15) is 18.2 Å². The predicted molar refractivity (Wildman–Crippen MR) is 91.7 cm³/mol. The van der Waals surface area contributed by atoms with Crippen LogP contribution in [-0.2, 0) is 17.5 Å². The van der Waals surface area contributed by atoms with E-state index < -0.39 is 11.7 Å². The molecule has 5 nitrogen and oxygen atoms in total. The standard InChI is InChI=1S/C19H22F3N3O2/c20-19(21,22)15-7-5-13(6-8-15)18-23-17(27-24-18)11-25-9-1-4-16(25)14-3-2-10-26-12-14/h5-8,14,16H,1-4,9-12H2. The Balaban J connectivity index is 1.43. The highest BCUT2D eigenvalue weighted by atomic mass is 19.4. The Morgan fingerprint density at radius 2 is 1.93 bits per heavy atom. The third-order valence-corrected chi connectivity index (χ3v) is 5.43. The SMILES string of the molecule is FC(F)(F)c1ccc(-c2noc(CN3CCCC3C3CCCOC3)n2)cc1. The van der Waals surface area contributed by atoms with E-state index in [2.05, 4.69) is 15.0 Å². The average Bonchev–Trinajstić information content (AvgIpc) is 3.32. The Bertz CT molecular complexity index is 754. The molecule has 1 aromatic heterocycles. The summed E-state index contributed by atoms with van der Waals surface area (Å²) in [6, 6.07) is 5.27. The molecule has 3 heterocycles. The van der Waals surface area contributed by atoms with Crippen LogP contribution in [0.2, 0.25) is 0 Å². The molecule has 27 heavy (non-hydrogen) atoms. The van der Waals surface area contributed by atoms with Crippen LogP contribution in [-0.4, -0.2) is 40.8 Å². The summed E-state index contributed by atoms with van der Waals surface area (Å²) in [6.07, 6.45) is 0.221. The third-order valence-electron chi connectivity index (χ3n) is 5.43. The lowest BCUT2D eigenvalue weighted by Crippen LogP contribution is -2.39. The quantitative estimate of drug-likeness (QED) is 0.797. The second-order valence-corrected chi connectivity index (χ2v) is 7.24. The van der Waals surface area contributed by atoms with Crippen molar-refractivity contribution in [3.05, 3.63) is 35.7 Å². The normalized spacial score (nSPS) is 24.4. The monoisotopic (exact) mass is 381 g/mol. The number of benzene rings is 1. The summed E-state index contributed by atoms with van der Waals surface area (Å²) >= 11 is 0. The number of nitrogens with zero attached hydrogens (tertiary/aromatic N) is 3. The Hall–Kier alpha value is -1.93. The number of alkyl halides is 3. The molecule has 0 spiro atoms. The number of ether oxygens (including phenoxy) is 1. The largest absolute Gasteiger partial charge is 0.416 e. The van der Waals surface area contributed by atoms with Crippen molar-refractivity contribution in [1.29, 1.82) is 0 Å². The number of hydrogen-bond donors (Lipinski definition) is 0. The molecular formula is C19H22F3N3O2. The average molecular weight is 381 g/mol. The van der Waals surface area contributed by atoms with Gasteiger partial charge in [0.1, 0.15) is 0 Å². The van der Waals surface area contributed by atoms with Gasteiger partial charge in [0.2, 0.25) is 11.7 Å². The minimum absolute atomic E-state index is 0.315. The van der Waals surface area contributed by atoms with Crippen molar-refractivity contribution in [2.24, 2.45) is 5.92 Å². The Morgan fingerprint density at radius 3 is 2.63 bits per heavy atom. The number of aromatic nitrogens is 2. The summed E-state index contributed by atoms with van der Waals surface area (Å²) in [7, 11) is 0. The van der Waals surface area contributed by atoms with Gasteiger partial charge in [-0.3, -0.25) is 4.90 Å². The fourth-order valence-corrected chi connectivity index (χ4v) is 4.07. The lowest BCUT2D eigenvalue weighted by Gasteiger charge is -2.33. The topological polar surface area (TPSA) is 51.4 Å². The zero-order chi connectivity index (χ0) is 18.9. The summed E-state index contributed by atoms with van der Waals surface area (Å²) in [4.78, 5) is 6.75. The van der Waals surface area contributed by atoms with E-state index in [4.69, 9.17) is 9.26 Å². The van der Waals surface area contributed by atoms with Crippen LogP contribution in [0.25, 0.3) is 11.4 Å². The van der Waals surface area contributed by atoms with Gasteiger partial charge in [0.25, 0.3) is 0 Å². The van der Waals surface area contributed by atoms with Gasteiger partial charge in [0.15, 0.2) is 0 Å². The zero-order valence-electron chi connectivity index (χ0n) is 14.9. The minimum Gasteiger partial charge on any atom is -0.381 e. The molecule has 2 fully saturated rings. The fraction of sp³-hybridized carbons (Fsp3) is 0.579. The molecule has 1 aromatic carbocycles. The van der Waals surface area contributed by atoms with Gasteiger partial charge in [-0.1, -0.05) is 17.3 Å². The van der Waals surface area contributed by atoms with Gasteiger partial charge in [0, 0.05) is 18.2 Å². The van der Waals surface area contributed by atoms with Crippen LogP contribution in [0.1, 0.15) is 37.1 Å². The molecule has 0 saturated carbocycles. The van der Waals surface area contributed by atoms with E-state index in [1.165, 1.54) is 18.6 Å². The minimum atomic E-state index is -4.35. The van der Waals surface area contributed by atoms with Crippen molar-refractivity contribution in [3.8, 4) is 11.4 Å². The van der Waals surface area contributed by atoms with E-state index >= 15 is 0 Å². The number of likely N-dealkylation sites (tertiary alicyclic amines) is 1. The molecule has 8 heteroatoms. The van der Waals surface area contributed by atoms with Gasteiger partial charge in [0.05, 0.1) is 18.7 Å². The maximum atomic E-state index is 12.7. The molecule has 2 aliphatic heterocycles. The van der Waals surface area contributed by atoms with E-state index in [1.807, 2.05) is 0 Å². The molecule has 146 valence electrons. The van der Waals surface area contributed by atoms with Crippen LogP contribution >= 0.6 is 0 Å². The lowest BCUT2D eigenvalue weighted by molar-refractivity contribution is -0.137. The highest BCUT2D eigenvalue weighted by molar-refractivity contribution is 5.54. The molecule has 0 N–H and O–H groups in total. The Kier molecular flexibility index (Phi) is 5.19. The zero-order valence-corrected chi connectivity index (χ0v) is 14.9. The van der Waals surface area contributed by atoms with E-state index in [0.29, 0.717) is 35.8 Å². The summed E-state index contributed by atoms with van der Waals surface area (Å²) in [6.45, 7) is 3.21. The molecule has 0 radical (unpaired) electrons. The second-order valence-electron chi connectivity index (χ2n) is 7.24. The van der Waals surface area contributed by atoms with Crippen LogP contribution in [0.15, 0.2) is 28.8 Å². The van der Waals surface area contributed by atoms with Gasteiger partial charge in [-0.25, -0.2) is 0 Å². The summed E-state index contributed by atoms with van der Waals surface area (Å²) < 4.78 is 49.0. The molecule has 2 aromatic rings. The Labute approximate surface area is 155 Å². The molecular weight excluding hydrogens is 359 g/mol. The van der Waals surface area contributed by atoms with Crippen LogP contribution < -0.4 is 0 Å². The number of halogens is 3. The first-order valence-electron chi connectivity index (χ1n) is 9.33. The van der Waals surface area contributed by atoms with E-state index in [0.717, 1.165) is 51.2 Å². The molecule has 2 atom stereocenters. The van der Waals surface area contributed by atoms with E-state index in [9.17, 15) is 13.2 Å². The van der Waals surface area contributed by atoms with Gasteiger partial charge >= 0.3 is 6.18 Å². The van der Waals surface area contributed by atoms with Crippen LogP contribution in [0.3, 0.4) is 0 Å². The first kappa shape index (κ1) is 18.4. The summed E-state index contributed by atoms with van der Waals surface area (Å²) in [5, 5.41) is 3.94. The highest BCUT2D eigenvalue weighted by Crippen LogP contribution is 2.32. The molecule has 0 bridgehead atoms. The summed E-state index contributed by atoms with van der Waals surface area (Å²) in [5.41, 5.74) is -0.179. The molecule has 2 saturated heterocycles. The fourth-order valence-electron chi connectivity index (χ4n) is 4.07. The van der Waals surface area contributed by atoms with Gasteiger partial charge in [-0.15, -0.1) is 0 Å². The third kappa shape index (κ3) is 4.16. The summed E-state index contributed by atoms with van der Waals surface area (Å²) in [5.74, 6) is 1.35.